The van der Waals surface area contributed by atoms with Gasteiger partial charge in [-0.15, -0.1) is 0 Å². The van der Waals surface area contributed by atoms with Gasteiger partial charge in [0, 0.05) is 12.1 Å². The van der Waals surface area contributed by atoms with Crippen LogP contribution in [0.3, 0.4) is 0 Å². The Balaban J connectivity index is 1.88. The molecule has 2 heterocycles. The lowest BCUT2D eigenvalue weighted by atomic mass is 10.3. The lowest BCUT2D eigenvalue weighted by Gasteiger charge is -2.05. The molecule has 0 saturated heterocycles. The summed E-state index contributed by atoms with van der Waals surface area (Å²) in [5.74, 6) is 1.15. The van der Waals surface area contributed by atoms with Crippen molar-refractivity contribution in [2.24, 2.45) is 0 Å². The molecule has 0 fully saturated rings. The molecule has 0 amide bonds. The summed E-state index contributed by atoms with van der Waals surface area (Å²) in [6.45, 7) is -0.999. The van der Waals surface area contributed by atoms with Crippen molar-refractivity contribution >= 4 is 17.0 Å². The summed E-state index contributed by atoms with van der Waals surface area (Å²) in [5, 5.41) is 2.18. The van der Waals surface area contributed by atoms with Gasteiger partial charge in [-0.25, -0.2) is 4.98 Å². The van der Waals surface area contributed by atoms with E-state index in [1.54, 1.807) is 12.1 Å². The van der Waals surface area contributed by atoms with Crippen molar-refractivity contribution in [1.29, 1.82) is 0 Å². The van der Waals surface area contributed by atoms with Crippen LogP contribution in [-0.4, -0.2) is 29.5 Å². The van der Waals surface area contributed by atoms with Gasteiger partial charge in [-0.05, 0) is 0 Å². The Morgan fingerprint density at radius 1 is 1.28 bits per heavy atom. The van der Waals surface area contributed by atoms with Crippen molar-refractivity contribution in [3.63, 3.8) is 0 Å². The first-order valence-electron chi connectivity index (χ1n) is 5.11. The molecule has 0 spiro atoms. The van der Waals surface area contributed by atoms with Gasteiger partial charge in [-0.3, -0.25) is 0 Å². The average molecular weight is 259 g/mol. The van der Waals surface area contributed by atoms with Crippen LogP contribution < -0.4 is 14.8 Å². The van der Waals surface area contributed by atoms with Gasteiger partial charge in [0.1, 0.15) is 6.54 Å². The van der Waals surface area contributed by atoms with Crippen molar-refractivity contribution in [2.45, 2.75) is 6.18 Å². The summed E-state index contributed by atoms with van der Waals surface area (Å²) in [4.78, 5) is 6.73. The molecule has 1 aliphatic rings. The van der Waals surface area contributed by atoms with Gasteiger partial charge in [-0.2, -0.15) is 13.2 Å². The van der Waals surface area contributed by atoms with Crippen LogP contribution in [0.1, 0.15) is 0 Å². The number of halogens is 3. The van der Waals surface area contributed by atoms with E-state index >= 15 is 0 Å². The molecule has 8 heteroatoms. The summed E-state index contributed by atoms with van der Waals surface area (Å²) in [6, 6.07) is 3.26. The molecule has 0 aliphatic carbocycles. The first-order valence-corrected chi connectivity index (χ1v) is 5.11. The number of H-pyrrole nitrogens is 1. The van der Waals surface area contributed by atoms with Crippen LogP contribution in [0.5, 0.6) is 11.5 Å². The Kier molecular flexibility index (Phi) is 2.25. The van der Waals surface area contributed by atoms with Crippen LogP contribution >= 0.6 is 0 Å². The highest BCUT2D eigenvalue weighted by atomic mass is 19.4. The fourth-order valence-electron chi connectivity index (χ4n) is 1.67. The third kappa shape index (κ3) is 2.01. The molecular formula is C10H8F3N3O2. The molecule has 1 aromatic carbocycles. The van der Waals surface area contributed by atoms with E-state index in [4.69, 9.17) is 9.47 Å². The number of rotatable bonds is 2. The average Bonchev–Trinajstić information content (AvgIpc) is 2.86. The van der Waals surface area contributed by atoms with Gasteiger partial charge in [0.05, 0.1) is 11.0 Å². The van der Waals surface area contributed by atoms with Crippen molar-refractivity contribution in [3.05, 3.63) is 12.1 Å². The predicted octanol–water partition coefficient (Wildman–Crippen LogP) is 2.27. The highest BCUT2D eigenvalue weighted by Crippen LogP contribution is 2.35. The Morgan fingerprint density at radius 2 is 2.00 bits per heavy atom. The molecule has 0 saturated carbocycles. The molecule has 0 atom stereocenters. The Bertz CT molecular complexity index is 553. The fraction of sp³-hybridized carbons (Fsp3) is 0.300. The summed E-state index contributed by atoms with van der Waals surface area (Å²) in [7, 11) is 0. The number of aromatic amines is 1. The minimum Gasteiger partial charge on any atom is -0.454 e. The van der Waals surface area contributed by atoms with E-state index in [0.29, 0.717) is 22.5 Å². The zero-order valence-electron chi connectivity index (χ0n) is 8.97. The van der Waals surface area contributed by atoms with E-state index < -0.39 is 12.7 Å². The molecule has 0 unspecified atom stereocenters. The number of hydrogen-bond acceptors (Lipinski definition) is 4. The first kappa shape index (κ1) is 11.0. The second kappa shape index (κ2) is 3.69. The second-order valence-corrected chi connectivity index (χ2v) is 3.78. The molecule has 1 aromatic heterocycles. The molecule has 18 heavy (non-hydrogen) atoms. The van der Waals surface area contributed by atoms with Crippen LogP contribution in [0.25, 0.3) is 11.0 Å². The molecule has 5 nitrogen and oxygen atoms in total. The van der Waals surface area contributed by atoms with Gasteiger partial charge < -0.3 is 19.8 Å². The third-order valence-corrected chi connectivity index (χ3v) is 2.43. The summed E-state index contributed by atoms with van der Waals surface area (Å²) in [6.07, 6.45) is -4.28. The van der Waals surface area contributed by atoms with Crippen LogP contribution in [0.15, 0.2) is 12.1 Å². The molecule has 96 valence electrons. The number of hydrogen-bond donors (Lipinski definition) is 2. The zero-order chi connectivity index (χ0) is 12.8. The fourth-order valence-corrected chi connectivity index (χ4v) is 1.67. The van der Waals surface area contributed by atoms with Gasteiger partial charge >= 0.3 is 6.18 Å². The SMILES string of the molecule is FC(F)(F)CNc1nc2cc3c(cc2[nH]1)OCO3. The maximum absolute atomic E-state index is 12.0. The van der Waals surface area contributed by atoms with Gasteiger partial charge in [0.25, 0.3) is 0 Å². The van der Waals surface area contributed by atoms with E-state index in [9.17, 15) is 13.2 Å². The van der Waals surface area contributed by atoms with Gasteiger partial charge in [-0.1, -0.05) is 0 Å². The minimum atomic E-state index is -4.28. The standard InChI is InChI=1S/C10H8F3N3O2/c11-10(12,13)3-14-9-15-5-1-7-8(18-4-17-7)2-6(5)16-9/h1-2H,3-4H2,(H2,14,15,16). The first-order chi connectivity index (χ1) is 8.51. The number of nitrogens with one attached hydrogen (secondary N) is 2. The van der Waals surface area contributed by atoms with E-state index in [0.717, 1.165) is 0 Å². The smallest absolute Gasteiger partial charge is 0.405 e. The van der Waals surface area contributed by atoms with E-state index in [-0.39, 0.29) is 12.7 Å². The summed E-state index contributed by atoms with van der Waals surface area (Å²) >= 11 is 0. The maximum atomic E-state index is 12.0. The molecule has 1 aliphatic heterocycles. The number of alkyl halides is 3. The molecule has 0 bridgehead atoms. The highest BCUT2D eigenvalue weighted by molar-refractivity contribution is 5.81. The third-order valence-electron chi connectivity index (χ3n) is 2.43. The van der Waals surface area contributed by atoms with Crippen molar-refractivity contribution in [2.75, 3.05) is 18.7 Å². The summed E-state index contributed by atoms with van der Waals surface area (Å²) < 4.78 is 46.4. The van der Waals surface area contributed by atoms with E-state index in [1.165, 1.54) is 0 Å². The number of benzene rings is 1. The number of nitrogens with zero attached hydrogens (tertiary/aromatic N) is 1. The van der Waals surface area contributed by atoms with Crippen LogP contribution in [0.2, 0.25) is 0 Å². The van der Waals surface area contributed by atoms with Crippen molar-refractivity contribution in [3.8, 4) is 11.5 Å². The number of fused-ring (bicyclic) bond motifs is 2. The van der Waals surface area contributed by atoms with Gasteiger partial charge in [0.15, 0.2) is 11.5 Å². The van der Waals surface area contributed by atoms with Crippen LogP contribution in [-0.2, 0) is 0 Å². The van der Waals surface area contributed by atoms with E-state index in [2.05, 4.69) is 15.3 Å². The predicted molar refractivity (Wildman–Crippen MR) is 56.8 cm³/mol. The van der Waals surface area contributed by atoms with Crippen LogP contribution in [0, 0.1) is 0 Å². The number of aromatic nitrogens is 2. The zero-order valence-corrected chi connectivity index (χ0v) is 8.97. The van der Waals surface area contributed by atoms with Crippen molar-refractivity contribution in [1.82, 2.24) is 9.97 Å². The molecule has 2 aromatic rings. The van der Waals surface area contributed by atoms with Gasteiger partial charge in [0.2, 0.25) is 12.7 Å². The number of ether oxygens (including phenoxy) is 2. The molecular weight excluding hydrogens is 251 g/mol. The number of imidazole rings is 1. The molecule has 3 rings (SSSR count). The monoisotopic (exact) mass is 259 g/mol. The van der Waals surface area contributed by atoms with Crippen LogP contribution in [0.4, 0.5) is 19.1 Å². The lowest BCUT2D eigenvalue weighted by molar-refractivity contribution is -0.115. The Hall–Kier alpha value is -2.12. The second-order valence-electron chi connectivity index (χ2n) is 3.78. The summed E-state index contributed by atoms with van der Waals surface area (Å²) in [5.41, 5.74) is 1.10. The lowest BCUT2D eigenvalue weighted by Crippen LogP contribution is -2.21. The van der Waals surface area contributed by atoms with E-state index in [1.807, 2.05) is 0 Å². The molecule has 0 radical (unpaired) electrons. The molecule has 2 N–H and O–H groups in total. The highest BCUT2D eigenvalue weighted by Gasteiger charge is 2.27. The topological polar surface area (TPSA) is 59.2 Å². The maximum Gasteiger partial charge on any atom is 0.405 e. The minimum absolute atomic E-state index is 0.0611. The Labute approximate surface area is 98.9 Å². The number of anilines is 1. The Morgan fingerprint density at radius 3 is 2.72 bits per heavy atom. The quantitative estimate of drug-likeness (QED) is 0.868. The van der Waals surface area contributed by atoms with Crippen molar-refractivity contribution < 1.29 is 22.6 Å². The normalized spacial score (nSPS) is 14.2. The largest absolute Gasteiger partial charge is 0.454 e.